The lowest BCUT2D eigenvalue weighted by Crippen LogP contribution is -1.93. The predicted molar refractivity (Wildman–Crippen MR) is 118 cm³/mol. The van der Waals surface area contributed by atoms with E-state index in [2.05, 4.69) is 83.4 Å². The van der Waals surface area contributed by atoms with Crippen molar-refractivity contribution in [1.29, 1.82) is 5.26 Å². The number of thiophene rings is 1. The molecule has 0 bridgehead atoms. The van der Waals surface area contributed by atoms with E-state index >= 15 is 0 Å². The lowest BCUT2D eigenvalue weighted by atomic mass is 10.1. The van der Waals surface area contributed by atoms with Crippen LogP contribution in [0.2, 0.25) is 0 Å². The fraction of sp³-hybridized carbons (Fsp3) is 0. The van der Waals surface area contributed by atoms with Crippen LogP contribution in [-0.4, -0.2) is 4.57 Å². The summed E-state index contributed by atoms with van der Waals surface area (Å²) in [5.41, 5.74) is 4.32. The number of fused-ring (bicyclic) bond motifs is 6. The van der Waals surface area contributed by atoms with Crippen LogP contribution in [0.15, 0.2) is 84.9 Å². The molecule has 0 atom stereocenters. The van der Waals surface area contributed by atoms with E-state index in [4.69, 9.17) is 0 Å². The second-order valence-electron chi connectivity index (χ2n) is 6.95. The van der Waals surface area contributed by atoms with E-state index in [0.29, 0.717) is 5.56 Å². The van der Waals surface area contributed by atoms with Gasteiger partial charge in [-0.15, -0.1) is 11.3 Å². The van der Waals surface area contributed by atoms with Gasteiger partial charge in [0.05, 0.1) is 33.1 Å². The summed E-state index contributed by atoms with van der Waals surface area (Å²) in [6.07, 6.45) is 0. The molecule has 6 aromatic rings. The normalized spacial score (nSPS) is 11.5. The average molecular weight is 374 g/mol. The van der Waals surface area contributed by atoms with E-state index in [-0.39, 0.29) is 0 Å². The van der Waals surface area contributed by atoms with Crippen molar-refractivity contribution in [3.05, 3.63) is 90.5 Å². The number of aromatic nitrogens is 1. The van der Waals surface area contributed by atoms with Crippen molar-refractivity contribution in [3.8, 4) is 11.8 Å². The van der Waals surface area contributed by atoms with E-state index in [9.17, 15) is 5.26 Å². The molecule has 28 heavy (non-hydrogen) atoms. The van der Waals surface area contributed by atoms with E-state index in [1.165, 1.54) is 42.3 Å². The molecule has 2 aromatic heterocycles. The van der Waals surface area contributed by atoms with Gasteiger partial charge in [-0.25, -0.2) is 0 Å². The number of hydrogen-bond donors (Lipinski definition) is 0. The minimum Gasteiger partial charge on any atom is -0.308 e. The fourth-order valence-electron chi connectivity index (χ4n) is 4.21. The predicted octanol–water partition coefficient (Wildman–Crippen LogP) is 7.02. The highest BCUT2D eigenvalue weighted by molar-refractivity contribution is 7.26. The van der Waals surface area contributed by atoms with E-state index < -0.39 is 0 Å². The van der Waals surface area contributed by atoms with Crippen molar-refractivity contribution < 1.29 is 0 Å². The van der Waals surface area contributed by atoms with Crippen LogP contribution < -0.4 is 0 Å². The maximum atomic E-state index is 9.30. The largest absolute Gasteiger partial charge is 0.308 e. The number of benzene rings is 4. The Labute approximate surface area is 165 Å². The van der Waals surface area contributed by atoms with E-state index in [0.717, 1.165) is 5.39 Å². The van der Waals surface area contributed by atoms with Crippen LogP contribution in [-0.2, 0) is 0 Å². The molecule has 0 saturated heterocycles. The molecule has 0 saturated carbocycles. The van der Waals surface area contributed by atoms with Gasteiger partial charge < -0.3 is 4.57 Å². The SMILES string of the molecule is N#Cc1ccc2sc3c(-n4c5ccccc5c5ccccc54)cccc3c2c1. The average Bonchev–Trinajstić information content (AvgIpc) is 3.29. The lowest BCUT2D eigenvalue weighted by Gasteiger charge is -2.09. The zero-order chi connectivity index (χ0) is 18.7. The van der Waals surface area contributed by atoms with Gasteiger partial charge in [-0.05, 0) is 36.4 Å². The highest BCUT2D eigenvalue weighted by atomic mass is 32.1. The van der Waals surface area contributed by atoms with Gasteiger partial charge in [0.15, 0.2) is 0 Å². The first-order chi connectivity index (χ1) is 13.8. The molecular weight excluding hydrogens is 360 g/mol. The van der Waals surface area contributed by atoms with Crippen molar-refractivity contribution in [2.45, 2.75) is 0 Å². The van der Waals surface area contributed by atoms with Crippen molar-refractivity contribution in [1.82, 2.24) is 4.57 Å². The summed E-state index contributed by atoms with van der Waals surface area (Å²) in [4.78, 5) is 0. The Morgan fingerprint density at radius 3 is 2.07 bits per heavy atom. The van der Waals surface area contributed by atoms with Crippen LogP contribution in [0.3, 0.4) is 0 Å². The molecule has 0 amide bonds. The van der Waals surface area contributed by atoms with Gasteiger partial charge in [0.25, 0.3) is 0 Å². The Hall–Kier alpha value is -3.61. The molecule has 0 N–H and O–H groups in total. The van der Waals surface area contributed by atoms with Gasteiger partial charge >= 0.3 is 0 Å². The third-order valence-corrected chi connectivity index (χ3v) is 6.64. The maximum Gasteiger partial charge on any atom is 0.0991 e. The van der Waals surface area contributed by atoms with Gasteiger partial charge in [0.1, 0.15) is 0 Å². The summed E-state index contributed by atoms with van der Waals surface area (Å²) in [5, 5.41) is 14.2. The Bertz CT molecular complexity index is 1520. The van der Waals surface area contributed by atoms with Gasteiger partial charge in [-0.2, -0.15) is 5.26 Å². The van der Waals surface area contributed by atoms with Crippen molar-refractivity contribution in [2.24, 2.45) is 0 Å². The first-order valence-corrected chi connectivity index (χ1v) is 10.0. The van der Waals surface area contributed by atoms with Gasteiger partial charge in [-0.3, -0.25) is 0 Å². The van der Waals surface area contributed by atoms with Crippen LogP contribution >= 0.6 is 11.3 Å². The Morgan fingerprint density at radius 2 is 1.36 bits per heavy atom. The number of nitrogens with zero attached hydrogens (tertiary/aromatic N) is 2. The minimum absolute atomic E-state index is 0.703. The molecule has 0 aliphatic carbocycles. The molecule has 0 radical (unpaired) electrons. The molecule has 0 fully saturated rings. The van der Waals surface area contributed by atoms with E-state index in [1.807, 2.05) is 12.1 Å². The minimum atomic E-state index is 0.703. The Balaban J connectivity index is 1.80. The number of hydrogen-bond acceptors (Lipinski definition) is 2. The fourth-order valence-corrected chi connectivity index (χ4v) is 5.40. The zero-order valence-corrected chi connectivity index (χ0v) is 15.7. The first kappa shape index (κ1) is 15.4. The summed E-state index contributed by atoms with van der Waals surface area (Å²) in [7, 11) is 0. The quantitative estimate of drug-likeness (QED) is 0.304. The molecule has 0 aliphatic heterocycles. The van der Waals surface area contributed by atoms with Gasteiger partial charge in [0.2, 0.25) is 0 Å². The van der Waals surface area contributed by atoms with Crippen LogP contribution in [0.5, 0.6) is 0 Å². The molecule has 2 heterocycles. The molecule has 4 aromatic carbocycles. The highest BCUT2D eigenvalue weighted by Gasteiger charge is 2.15. The monoisotopic (exact) mass is 374 g/mol. The molecular formula is C25H14N2S. The number of rotatable bonds is 1. The van der Waals surface area contributed by atoms with Crippen molar-refractivity contribution >= 4 is 53.3 Å². The second kappa shape index (κ2) is 5.69. The van der Waals surface area contributed by atoms with Crippen LogP contribution in [0.25, 0.3) is 47.7 Å². The smallest absolute Gasteiger partial charge is 0.0991 e. The van der Waals surface area contributed by atoms with Gasteiger partial charge in [-0.1, -0.05) is 48.5 Å². The van der Waals surface area contributed by atoms with Crippen molar-refractivity contribution in [3.63, 3.8) is 0 Å². The summed E-state index contributed by atoms with van der Waals surface area (Å²) >= 11 is 1.79. The summed E-state index contributed by atoms with van der Waals surface area (Å²) in [6.45, 7) is 0. The third-order valence-electron chi connectivity index (χ3n) is 5.43. The summed E-state index contributed by atoms with van der Waals surface area (Å²) < 4.78 is 4.83. The van der Waals surface area contributed by atoms with E-state index in [1.54, 1.807) is 11.3 Å². The van der Waals surface area contributed by atoms with Crippen LogP contribution in [0.1, 0.15) is 5.56 Å². The lowest BCUT2D eigenvalue weighted by molar-refractivity contribution is 1.20. The topological polar surface area (TPSA) is 28.7 Å². The molecule has 6 rings (SSSR count). The molecule has 0 unspecified atom stereocenters. The Morgan fingerprint density at radius 1 is 0.679 bits per heavy atom. The van der Waals surface area contributed by atoms with Crippen LogP contribution in [0.4, 0.5) is 0 Å². The standard InChI is InChI=1S/C25H14N2S/c26-15-16-12-13-24-20(14-16)19-8-5-11-23(25(19)28-24)27-21-9-3-1-6-17(21)18-7-2-4-10-22(18)27/h1-14H. The van der Waals surface area contributed by atoms with Gasteiger partial charge in [0, 0.05) is 26.2 Å². The highest BCUT2D eigenvalue weighted by Crippen LogP contribution is 2.40. The zero-order valence-electron chi connectivity index (χ0n) is 14.9. The molecule has 0 spiro atoms. The first-order valence-electron chi connectivity index (χ1n) is 9.19. The molecule has 2 nitrogen and oxygen atoms in total. The van der Waals surface area contributed by atoms with Crippen molar-refractivity contribution in [2.75, 3.05) is 0 Å². The maximum absolute atomic E-state index is 9.30. The Kier molecular flexibility index (Phi) is 3.14. The third kappa shape index (κ3) is 2.01. The number of nitriles is 1. The molecule has 0 aliphatic rings. The summed E-state index contributed by atoms with van der Waals surface area (Å²) in [6, 6.07) is 31.9. The summed E-state index contributed by atoms with van der Waals surface area (Å²) in [5.74, 6) is 0. The second-order valence-corrected chi connectivity index (χ2v) is 8.00. The molecule has 130 valence electrons. The number of para-hydroxylation sites is 2. The van der Waals surface area contributed by atoms with Crippen LogP contribution in [0, 0.1) is 11.3 Å². The molecule has 3 heteroatoms.